The second-order valence-corrected chi connectivity index (χ2v) is 8.80. The van der Waals surface area contributed by atoms with Crippen LogP contribution in [0.15, 0.2) is 91.3 Å². The smallest absolute Gasteiger partial charge is 0.127 e. The van der Waals surface area contributed by atoms with Crippen molar-refractivity contribution in [2.45, 2.75) is 19.9 Å². The largest absolute Gasteiger partial charge is 0.362 e. The minimum atomic E-state index is 0.0595. The number of nitrogens with one attached hydrogen (secondary N) is 1. The predicted molar refractivity (Wildman–Crippen MR) is 143 cm³/mol. The molecule has 2 aromatic carbocycles. The molecule has 4 nitrogen and oxygen atoms in total. The highest BCUT2D eigenvalue weighted by Gasteiger charge is 2.09. The Balaban J connectivity index is 1.34. The molecule has 0 spiro atoms. The zero-order valence-electron chi connectivity index (χ0n) is 19.5. The van der Waals surface area contributed by atoms with Gasteiger partial charge in [0.2, 0.25) is 0 Å². The number of halogens is 1. The third-order valence-corrected chi connectivity index (χ3v) is 6.04. The van der Waals surface area contributed by atoms with Gasteiger partial charge in [-0.15, -0.1) is 0 Å². The molecule has 5 aromatic rings. The van der Waals surface area contributed by atoms with Crippen LogP contribution in [0, 0.1) is 18.8 Å². The normalized spacial score (nSPS) is 11.5. The van der Waals surface area contributed by atoms with Crippen LogP contribution in [0.25, 0.3) is 22.0 Å². The Bertz CT molecular complexity index is 1530. The highest BCUT2D eigenvalue weighted by Crippen LogP contribution is 2.24. The monoisotopic (exact) mass is 474 g/mol. The van der Waals surface area contributed by atoms with E-state index in [-0.39, 0.29) is 6.04 Å². The number of benzene rings is 2. The molecule has 0 aliphatic rings. The van der Waals surface area contributed by atoms with Crippen LogP contribution < -0.4 is 5.32 Å². The zero-order chi connectivity index (χ0) is 24.2. The summed E-state index contributed by atoms with van der Waals surface area (Å²) in [5.41, 5.74) is 6.79. The Labute approximate surface area is 210 Å². The van der Waals surface area contributed by atoms with Crippen LogP contribution in [0.1, 0.15) is 35.5 Å². The average molecular weight is 475 g/mol. The first-order chi connectivity index (χ1) is 17.0. The quantitative estimate of drug-likeness (QED) is 0.279. The van der Waals surface area contributed by atoms with E-state index in [0.29, 0.717) is 0 Å². The van der Waals surface area contributed by atoms with Crippen molar-refractivity contribution in [3.8, 4) is 23.0 Å². The Morgan fingerprint density at radius 1 is 0.857 bits per heavy atom. The highest BCUT2D eigenvalue weighted by molar-refractivity contribution is 6.30. The Hall–Kier alpha value is -4.20. The fourth-order valence-corrected chi connectivity index (χ4v) is 4.02. The summed E-state index contributed by atoms with van der Waals surface area (Å²) in [6, 6.07) is 25.8. The van der Waals surface area contributed by atoms with Crippen molar-refractivity contribution in [2.24, 2.45) is 0 Å². The molecule has 5 heteroatoms. The molecule has 0 bridgehead atoms. The summed E-state index contributed by atoms with van der Waals surface area (Å²) in [5.74, 6) is 7.23. The van der Waals surface area contributed by atoms with Crippen LogP contribution in [0.2, 0.25) is 5.02 Å². The molecule has 0 saturated carbocycles. The molecule has 0 radical (unpaired) electrons. The van der Waals surface area contributed by atoms with Gasteiger partial charge in [0, 0.05) is 33.9 Å². The van der Waals surface area contributed by atoms with Crippen molar-refractivity contribution in [2.75, 3.05) is 5.32 Å². The molecule has 0 amide bonds. The standard InChI is InChI=1S/C30H23ClN4/c1-20-17-30(34-21(2)28-5-3-4-16-32-28)35-29-15-7-22(18-27(20)29)6-13-26-14-10-24(19-33-26)23-8-11-25(31)12-9-23/h3-5,7-12,14-19,21H,1-2H3,(H,34,35). The van der Waals surface area contributed by atoms with Gasteiger partial charge in [-0.25, -0.2) is 9.97 Å². The number of hydrogen-bond donors (Lipinski definition) is 1. The van der Waals surface area contributed by atoms with Gasteiger partial charge in [-0.1, -0.05) is 41.8 Å². The van der Waals surface area contributed by atoms with Crippen molar-refractivity contribution in [1.82, 2.24) is 15.0 Å². The van der Waals surface area contributed by atoms with E-state index in [1.165, 1.54) is 0 Å². The van der Waals surface area contributed by atoms with Crippen LogP contribution >= 0.6 is 11.6 Å². The van der Waals surface area contributed by atoms with Gasteiger partial charge in [-0.3, -0.25) is 4.98 Å². The Kier molecular flexibility index (Phi) is 6.43. The van der Waals surface area contributed by atoms with Crippen molar-refractivity contribution in [3.05, 3.63) is 119 Å². The molecule has 1 unspecified atom stereocenters. The number of fused-ring (bicyclic) bond motifs is 1. The first-order valence-corrected chi connectivity index (χ1v) is 11.8. The number of hydrogen-bond acceptors (Lipinski definition) is 4. The van der Waals surface area contributed by atoms with Gasteiger partial charge >= 0.3 is 0 Å². The molecule has 35 heavy (non-hydrogen) atoms. The van der Waals surface area contributed by atoms with Gasteiger partial charge in [0.1, 0.15) is 11.5 Å². The Morgan fingerprint density at radius 3 is 2.43 bits per heavy atom. The summed E-state index contributed by atoms with van der Waals surface area (Å²) in [7, 11) is 0. The molecule has 3 heterocycles. The molecular weight excluding hydrogens is 452 g/mol. The predicted octanol–water partition coefficient (Wildman–Crippen LogP) is 7.23. The first-order valence-electron chi connectivity index (χ1n) is 11.4. The van der Waals surface area contributed by atoms with Crippen LogP contribution in [0.3, 0.4) is 0 Å². The van der Waals surface area contributed by atoms with Gasteiger partial charge in [0.15, 0.2) is 0 Å². The number of aromatic nitrogens is 3. The summed E-state index contributed by atoms with van der Waals surface area (Å²) < 4.78 is 0. The molecular formula is C30H23ClN4. The molecule has 0 saturated heterocycles. The van der Waals surface area contributed by atoms with Gasteiger partial charge in [-0.2, -0.15) is 0 Å². The minimum absolute atomic E-state index is 0.0595. The maximum Gasteiger partial charge on any atom is 0.127 e. The molecule has 0 aliphatic carbocycles. The number of aryl methyl sites for hydroxylation is 1. The lowest BCUT2D eigenvalue weighted by molar-refractivity contribution is 0.833. The van der Waals surface area contributed by atoms with E-state index in [2.05, 4.69) is 53.1 Å². The van der Waals surface area contributed by atoms with E-state index in [0.717, 1.165) is 55.4 Å². The van der Waals surface area contributed by atoms with Crippen LogP contribution in [0.4, 0.5) is 5.82 Å². The molecule has 3 aromatic heterocycles. The van der Waals surface area contributed by atoms with Crippen LogP contribution in [-0.4, -0.2) is 15.0 Å². The van der Waals surface area contributed by atoms with Gasteiger partial charge in [-0.05, 0) is 85.5 Å². The molecule has 1 N–H and O–H groups in total. The number of pyridine rings is 3. The second kappa shape index (κ2) is 9.97. The maximum absolute atomic E-state index is 5.98. The fraction of sp³-hybridized carbons (Fsp3) is 0.100. The minimum Gasteiger partial charge on any atom is -0.362 e. The lowest BCUT2D eigenvalue weighted by atomic mass is 10.1. The number of nitrogens with zero attached hydrogens (tertiary/aromatic N) is 3. The van der Waals surface area contributed by atoms with Crippen LogP contribution in [-0.2, 0) is 0 Å². The number of anilines is 1. The molecule has 0 fully saturated rings. The summed E-state index contributed by atoms with van der Waals surface area (Å²) >= 11 is 5.98. The third-order valence-electron chi connectivity index (χ3n) is 5.79. The van der Waals surface area contributed by atoms with Gasteiger partial charge < -0.3 is 5.32 Å². The van der Waals surface area contributed by atoms with E-state index in [1.807, 2.05) is 72.9 Å². The van der Waals surface area contributed by atoms with Crippen molar-refractivity contribution < 1.29 is 0 Å². The molecule has 1 atom stereocenters. The van der Waals surface area contributed by atoms with Gasteiger partial charge in [0.05, 0.1) is 17.3 Å². The molecule has 5 rings (SSSR count). The maximum atomic E-state index is 5.98. The van der Waals surface area contributed by atoms with Crippen molar-refractivity contribution in [3.63, 3.8) is 0 Å². The first kappa shape index (κ1) is 22.6. The summed E-state index contributed by atoms with van der Waals surface area (Å²) in [6.45, 7) is 4.17. The average Bonchev–Trinajstić information content (AvgIpc) is 2.89. The van der Waals surface area contributed by atoms with Crippen molar-refractivity contribution >= 4 is 28.3 Å². The van der Waals surface area contributed by atoms with E-state index in [9.17, 15) is 0 Å². The Morgan fingerprint density at radius 2 is 1.69 bits per heavy atom. The van der Waals surface area contributed by atoms with E-state index in [1.54, 1.807) is 6.20 Å². The SMILES string of the molecule is Cc1cc(NC(C)c2ccccn2)nc2ccc(C#Cc3ccc(-c4ccc(Cl)cc4)cn3)cc12. The lowest BCUT2D eigenvalue weighted by Crippen LogP contribution is -2.09. The topological polar surface area (TPSA) is 50.7 Å². The third kappa shape index (κ3) is 5.32. The fourth-order valence-electron chi connectivity index (χ4n) is 3.89. The second-order valence-electron chi connectivity index (χ2n) is 8.37. The lowest BCUT2D eigenvalue weighted by Gasteiger charge is -2.15. The summed E-state index contributed by atoms with van der Waals surface area (Å²) in [4.78, 5) is 13.7. The van der Waals surface area contributed by atoms with E-state index >= 15 is 0 Å². The van der Waals surface area contributed by atoms with E-state index in [4.69, 9.17) is 16.6 Å². The zero-order valence-corrected chi connectivity index (χ0v) is 20.2. The van der Waals surface area contributed by atoms with Crippen molar-refractivity contribution in [1.29, 1.82) is 0 Å². The van der Waals surface area contributed by atoms with Gasteiger partial charge in [0.25, 0.3) is 0 Å². The summed E-state index contributed by atoms with van der Waals surface area (Å²) in [5, 5.41) is 5.26. The summed E-state index contributed by atoms with van der Waals surface area (Å²) in [6.07, 6.45) is 3.64. The number of rotatable bonds is 4. The molecule has 170 valence electrons. The van der Waals surface area contributed by atoms with E-state index < -0.39 is 0 Å². The van der Waals surface area contributed by atoms with Crippen LogP contribution in [0.5, 0.6) is 0 Å². The molecule has 0 aliphatic heterocycles. The highest BCUT2D eigenvalue weighted by atomic mass is 35.5.